The summed E-state index contributed by atoms with van der Waals surface area (Å²) in [5.41, 5.74) is 5.60. The predicted octanol–water partition coefficient (Wildman–Crippen LogP) is 1.51. The Labute approximate surface area is 157 Å². The second-order valence-corrected chi connectivity index (χ2v) is 8.30. The first-order chi connectivity index (χ1) is 12.3. The molecule has 150 valence electrons. The number of nitrogens with one attached hydrogen (secondary N) is 1. The van der Waals surface area contributed by atoms with E-state index >= 15 is 0 Å². The van der Waals surface area contributed by atoms with Gasteiger partial charge in [0.25, 0.3) is 0 Å². The highest BCUT2D eigenvalue weighted by atomic mass is 16.6. The number of carbonyl (C=O) groups excluding carboxylic acids is 1. The Balaban J connectivity index is 1.61. The van der Waals surface area contributed by atoms with Crippen LogP contribution in [0.3, 0.4) is 0 Å². The van der Waals surface area contributed by atoms with Crippen LogP contribution in [0, 0.1) is 5.92 Å². The largest absolute Gasteiger partial charge is 0.460 e. The van der Waals surface area contributed by atoms with Gasteiger partial charge in [-0.25, -0.2) is 0 Å². The van der Waals surface area contributed by atoms with Gasteiger partial charge in [-0.2, -0.15) is 0 Å². The van der Waals surface area contributed by atoms with Crippen LogP contribution in [-0.2, 0) is 14.3 Å². The Hall–Kier alpha value is -1.34. The van der Waals surface area contributed by atoms with Crippen LogP contribution >= 0.6 is 0 Å². The van der Waals surface area contributed by atoms with Crippen LogP contribution in [0.4, 0.5) is 0 Å². The molecule has 26 heavy (non-hydrogen) atoms. The van der Waals surface area contributed by atoms with E-state index in [0.29, 0.717) is 12.0 Å². The number of aliphatic imine (C=N–C) groups is 1. The second-order valence-electron chi connectivity index (χ2n) is 8.30. The zero-order valence-corrected chi connectivity index (χ0v) is 16.6. The molecule has 0 aromatic heterocycles. The number of nitrogens with two attached hydrogens (primary N) is 1. The average molecular weight is 369 g/mol. The summed E-state index contributed by atoms with van der Waals surface area (Å²) < 4.78 is 10.8. The van der Waals surface area contributed by atoms with Gasteiger partial charge in [-0.05, 0) is 52.9 Å². The molecule has 0 aromatic carbocycles. The SMILES string of the molecule is CC(C)(C)OC(=O)C1CCC(NC(N)=NCCCN2CCOCC2)CC1. The van der Waals surface area contributed by atoms with Crippen molar-refractivity contribution in [2.75, 3.05) is 39.4 Å². The van der Waals surface area contributed by atoms with Crippen LogP contribution < -0.4 is 11.1 Å². The Morgan fingerprint density at radius 3 is 2.50 bits per heavy atom. The lowest BCUT2D eigenvalue weighted by atomic mass is 9.86. The van der Waals surface area contributed by atoms with Crippen molar-refractivity contribution in [3.63, 3.8) is 0 Å². The van der Waals surface area contributed by atoms with E-state index in [2.05, 4.69) is 15.2 Å². The van der Waals surface area contributed by atoms with Gasteiger partial charge >= 0.3 is 5.97 Å². The van der Waals surface area contributed by atoms with Gasteiger partial charge in [-0.3, -0.25) is 14.7 Å². The molecular formula is C19H36N4O3. The highest BCUT2D eigenvalue weighted by molar-refractivity contribution is 5.78. The van der Waals surface area contributed by atoms with E-state index in [0.717, 1.165) is 71.5 Å². The van der Waals surface area contributed by atoms with Gasteiger partial charge in [0.2, 0.25) is 0 Å². The van der Waals surface area contributed by atoms with Crippen LogP contribution in [0.2, 0.25) is 0 Å². The number of rotatable bonds is 6. The van der Waals surface area contributed by atoms with E-state index in [4.69, 9.17) is 15.2 Å². The lowest BCUT2D eigenvalue weighted by Gasteiger charge is -2.30. The summed E-state index contributed by atoms with van der Waals surface area (Å²) in [6, 6.07) is 0.302. The average Bonchev–Trinajstić information content (AvgIpc) is 2.59. The smallest absolute Gasteiger partial charge is 0.309 e. The molecular weight excluding hydrogens is 332 g/mol. The van der Waals surface area contributed by atoms with Gasteiger partial charge in [-0.1, -0.05) is 0 Å². The maximum atomic E-state index is 12.1. The normalized spacial score (nSPS) is 25.7. The van der Waals surface area contributed by atoms with E-state index in [1.807, 2.05) is 20.8 Å². The molecule has 1 saturated heterocycles. The van der Waals surface area contributed by atoms with Gasteiger partial charge in [0.15, 0.2) is 5.96 Å². The van der Waals surface area contributed by atoms with Gasteiger partial charge in [-0.15, -0.1) is 0 Å². The number of hydrogen-bond acceptors (Lipinski definition) is 5. The molecule has 0 radical (unpaired) electrons. The molecule has 0 bridgehead atoms. The summed E-state index contributed by atoms with van der Waals surface area (Å²) in [5, 5.41) is 3.31. The Morgan fingerprint density at radius 1 is 1.23 bits per heavy atom. The van der Waals surface area contributed by atoms with Crippen molar-refractivity contribution in [1.82, 2.24) is 10.2 Å². The number of esters is 1. The maximum Gasteiger partial charge on any atom is 0.309 e. The summed E-state index contributed by atoms with van der Waals surface area (Å²) in [6.07, 6.45) is 4.55. The van der Waals surface area contributed by atoms with Crippen LogP contribution in [0.15, 0.2) is 4.99 Å². The minimum absolute atomic E-state index is 0.0129. The fourth-order valence-electron chi connectivity index (χ4n) is 3.43. The molecule has 1 aliphatic carbocycles. The van der Waals surface area contributed by atoms with Gasteiger partial charge in [0, 0.05) is 32.2 Å². The van der Waals surface area contributed by atoms with Crippen LogP contribution in [0.1, 0.15) is 52.9 Å². The highest BCUT2D eigenvalue weighted by Crippen LogP contribution is 2.26. The molecule has 2 aliphatic rings. The fraction of sp³-hybridized carbons (Fsp3) is 0.895. The first-order valence-corrected chi connectivity index (χ1v) is 9.93. The van der Waals surface area contributed by atoms with Gasteiger partial charge in [0.05, 0.1) is 19.1 Å². The van der Waals surface area contributed by atoms with E-state index in [1.54, 1.807) is 0 Å². The molecule has 0 atom stereocenters. The van der Waals surface area contributed by atoms with E-state index in [9.17, 15) is 4.79 Å². The third-order valence-electron chi connectivity index (χ3n) is 4.84. The summed E-state index contributed by atoms with van der Waals surface area (Å²) in [7, 11) is 0. The monoisotopic (exact) mass is 368 g/mol. The molecule has 7 nitrogen and oxygen atoms in total. The fourth-order valence-corrected chi connectivity index (χ4v) is 3.43. The molecule has 2 fully saturated rings. The van der Waals surface area contributed by atoms with Crippen LogP contribution in [0.5, 0.6) is 0 Å². The number of nitrogens with zero attached hydrogens (tertiary/aromatic N) is 2. The molecule has 1 aliphatic heterocycles. The minimum atomic E-state index is -0.412. The lowest BCUT2D eigenvalue weighted by molar-refractivity contribution is -0.161. The number of hydrogen-bond donors (Lipinski definition) is 2. The minimum Gasteiger partial charge on any atom is -0.460 e. The summed E-state index contributed by atoms with van der Waals surface area (Å²) in [4.78, 5) is 19.0. The standard InChI is InChI=1S/C19H36N4O3/c1-19(2,3)26-17(24)15-5-7-16(8-6-15)22-18(20)21-9-4-10-23-11-13-25-14-12-23/h15-16H,4-14H2,1-3H3,(H3,20,21,22). The molecule has 1 heterocycles. The van der Waals surface area contributed by atoms with Crippen LogP contribution in [0.25, 0.3) is 0 Å². The zero-order chi connectivity index (χ0) is 19.0. The molecule has 3 N–H and O–H groups in total. The van der Waals surface area contributed by atoms with Gasteiger partial charge < -0.3 is 20.5 Å². The number of guanidine groups is 1. The first kappa shape index (κ1) is 21.0. The number of carbonyl (C=O) groups is 1. The summed E-state index contributed by atoms with van der Waals surface area (Å²) in [5.74, 6) is 0.465. The number of morpholine rings is 1. The maximum absolute atomic E-state index is 12.1. The van der Waals surface area contributed by atoms with Crippen molar-refractivity contribution in [3.8, 4) is 0 Å². The third-order valence-corrected chi connectivity index (χ3v) is 4.84. The molecule has 0 aromatic rings. The quantitative estimate of drug-likeness (QED) is 0.320. The van der Waals surface area contributed by atoms with Crippen molar-refractivity contribution in [2.45, 2.75) is 64.5 Å². The van der Waals surface area contributed by atoms with Crippen molar-refractivity contribution in [2.24, 2.45) is 16.6 Å². The van der Waals surface area contributed by atoms with Crippen molar-refractivity contribution in [3.05, 3.63) is 0 Å². The van der Waals surface area contributed by atoms with E-state index in [-0.39, 0.29) is 11.9 Å². The molecule has 0 spiro atoms. The molecule has 0 amide bonds. The molecule has 2 rings (SSSR count). The van der Waals surface area contributed by atoms with Crippen LogP contribution in [-0.4, -0.2) is 67.9 Å². The Morgan fingerprint density at radius 2 is 1.88 bits per heavy atom. The van der Waals surface area contributed by atoms with Crippen molar-refractivity contribution < 1.29 is 14.3 Å². The Bertz CT molecular complexity index is 462. The first-order valence-electron chi connectivity index (χ1n) is 9.93. The third kappa shape index (κ3) is 7.91. The zero-order valence-electron chi connectivity index (χ0n) is 16.6. The second kappa shape index (κ2) is 10.1. The van der Waals surface area contributed by atoms with E-state index in [1.165, 1.54) is 0 Å². The lowest BCUT2D eigenvalue weighted by Crippen LogP contribution is -2.43. The molecule has 1 saturated carbocycles. The predicted molar refractivity (Wildman–Crippen MR) is 103 cm³/mol. The summed E-state index contributed by atoms with van der Waals surface area (Å²) in [6.45, 7) is 11.2. The topological polar surface area (TPSA) is 89.2 Å². The molecule has 0 unspecified atom stereocenters. The van der Waals surface area contributed by atoms with E-state index < -0.39 is 5.60 Å². The molecule has 7 heteroatoms. The van der Waals surface area contributed by atoms with Gasteiger partial charge in [0.1, 0.15) is 5.60 Å². The Kier molecular flexibility index (Phi) is 8.15. The highest BCUT2D eigenvalue weighted by Gasteiger charge is 2.30. The number of ether oxygens (including phenoxy) is 2. The summed E-state index contributed by atoms with van der Waals surface area (Å²) >= 11 is 0. The van der Waals surface area contributed by atoms with Crippen molar-refractivity contribution in [1.29, 1.82) is 0 Å². The van der Waals surface area contributed by atoms with Crippen molar-refractivity contribution >= 4 is 11.9 Å².